The molecule has 1 saturated carbocycles. The summed E-state index contributed by atoms with van der Waals surface area (Å²) in [4.78, 5) is 30.8. The van der Waals surface area contributed by atoms with Crippen molar-refractivity contribution in [3.05, 3.63) is 56.5 Å². The molecule has 1 aliphatic rings. The SMILES string of the molecule is Cn1c(N(Cc2ccccn2)C2CC2)c(C#N)c(=O)n(C)c1=O. The average Bonchev–Trinajstić information content (AvgIpc) is 3.40. The zero-order valence-electron chi connectivity index (χ0n) is 13.1. The molecule has 0 radical (unpaired) electrons. The van der Waals surface area contributed by atoms with Crippen LogP contribution in [0.5, 0.6) is 0 Å². The van der Waals surface area contributed by atoms with Gasteiger partial charge in [-0.15, -0.1) is 0 Å². The minimum absolute atomic E-state index is 0.00238. The van der Waals surface area contributed by atoms with Crippen LogP contribution in [0.2, 0.25) is 0 Å². The van der Waals surface area contributed by atoms with Gasteiger partial charge in [-0.2, -0.15) is 5.26 Å². The fourth-order valence-corrected chi connectivity index (χ4v) is 2.70. The van der Waals surface area contributed by atoms with Crippen LogP contribution in [0.4, 0.5) is 5.82 Å². The molecule has 0 saturated heterocycles. The van der Waals surface area contributed by atoms with E-state index in [-0.39, 0.29) is 11.6 Å². The van der Waals surface area contributed by atoms with E-state index in [1.807, 2.05) is 29.2 Å². The quantitative estimate of drug-likeness (QED) is 0.822. The van der Waals surface area contributed by atoms with Crippen LogP contribution in [-0.2, 0) is 20.6 Å². The van der Waals surface area contributed by atoms with Gasteiger partial charge >= 0.3 is 5.69 Å². The molecule has 1 fully saturated rings. The van der Waals surface area contributed by atoms with E-state index >= 15 is 0 Å². The molecule has 0 amide bonds. The first kappa shape index (κ1) is 15.0. The van der Waals surface area contributed by atoms with Crippen molar-refractivity contribution in [2.75, 3.05) is 4.90 Å². The highest BCUT2D eigenvalue weighted by atomic mass is 16.2. The molecule has 0 unspecified atom stereocenters. The molecule has 2 aromatic rings. The number of aromatic nitrogens is 3. The molecule has 0 aliphatic heterocycles. The predicted octanol–water partition coefficient (Wildman–Crippen LogP) is 0.520. The van der Waals surface area contributed by atoms with Gasteiger partial charge in [-0.3, -0.25) is 18.9 Å². The maximum Gasteiger partial charge on any atom is 0.332 e. The van der Waals surface area contributed by atoms with Gasteiger partial charge in [0.2, 0.25) is 0 Å². The van der Waals surface area contributed by atoms with E-state index < -0.39 is 11.2 Å². The molecule has 0 bridgehead atoms. The summed E-state index contributed by atoms with van der Waals surface area (Å²) in [5, 5.41) is 9.44. The summed E-state index contributed by atoms with van der Waals surface area (Å²) in [7, 11) is 2.97. The summed E-state index contributed by atoms with van der Waals surface area (Å²) in [5.41, 5.74) is -0.165. The first-order valence-corrected chi connectivity index (χ1v) is 7.41. The van der Waals surface area contributed by atoms with Gasteiger partial charge in [-0.05, 0) is 25.0 Å². The standard InChI is InChI=1S/C16H17N5O2/c1-19-14(13(9-17)15(22)20(2)16(19)23)21(12-6-7-12)10-11-5-3-4-8-18-11/h3-5,8,12H,6-7,10H2,1-2H3. The largest absolute Gasteiger partial charge is 0.348 e. The first-order valence-electron chi connectivity index (χ1n) is 7.41. The number of nitriles is 1. The monoisotopic (exact) mass is 311 g/mol. The van der Waals surface area contributed by atoms with E-state index in [1.54, 1.807) is 13.2 Å². The summed E-state index contributed by atoms with van der Waals surface area (Å²) in [6.45, 7) is 0.459. The van der Waals surface area contributed by atoms with Crippen molar-refractivity contribution in [3.8, 4) is 6.07 Å². The number of anilines is 1. The van der Waals surface area contributed by atoms with E-state index in [9.17, 15) is 14.9 Å². The van der Waals surface area contributed by atoms with Gasteiger partial charge in [0.15, 0.2) is 5.56 Å². The van der Waals surface area contributed by atoms with Crippen molar-refractivity contribution in [1.82, 2.24) is 14.1 Å². The van der Waals surface area contributed by atoms with E-state index in [4.69, 9.17) is 0 Å². The number of hydrogen-bond acceptors (Lipinski definition) is 5. The maximum atomic E-state index is 12.3. The van der Waals surface area contributed by atoms with Gasteiger partial charge in [0.1, 0.15) is 11.9 Å². The second kappa shape index (κ2) is 5.72. The lowest BCUT2D eigenvalue weighted by Gasteiger charge is -2.27. The van der Waals surface area contributed by atoms with Gasteiger partial charge < -0.3 is 4.90 Å². The van der Waals surface area contributed by atoms with Crippen molar-refractivity contribution in [3.63, 3.8) is 0 Å². The van der Waals surface area contributed by atoms with Gasteiger partial charge in [-0.25, -0.2) is 4.79 Å². The molecule has 118 valence electrons. The Hall–Kier alpha value is -2.88. The Morgan fingerprint density at radius 3 is 2.61 bits per heavy atom. The Kier molecular flexibility index (Phi) is 3.74. The fraction of sp³-hybridized carbons (Fsp3) is 0.375. The number of nitrogens with zero attached hydrogens (tertiary/aromatic N) is 5. The molecule has 2 aromatic heterocycles. The summed E-state index contributed by atoms with van der Waals surface area (Å²) in [6.07, 6.45) is 3.65. The molecule has 23 heavy (non-hydrogen) atoms. The molecular weight excluding hydrogens is 294 g/mol. The van der Waals surface area contributed by atoms with E-state index in [1.165, 1.54) is 11.6 Å². The second-order valence-electron chi connectivity index (χ2n) is 5.70. The molecule has 0 aromatic carbocycles. The van der Waals surface area contributed by atoms with Crippen LogP contribution in [0.15, 0.2) is 34.0 Å². The van der Waals surface area contributed by atoms with Crippen LogP contribution in [0.3, 0.4) is 0 Å². The first-order chi connectivity index (χ1) is 11.0. The highest BCUT2D eigenvalue weighted by Crippen LogP contribution is 2.33. The third kappa shape index (κ3) is 2.63. The third-order valence-corrected chi connectivity index (χ3v) is 4.06. The Bertz CT molecular complexity index is 888. The average molecular weight is 311 g/mol. The maximum absolute atomic E-state index is 12.3. The van der Waals surface area contributed by atoms with Crippen LogP contribution >= 0.6 is 0 Å². The molecule has 0 N–H and O–H groups in total. The molecule has 1 aliphatic carbocycles. The van der Waals surface area contributed by atoms with E-state index in [2.05, 4.69) is 4.98 Å². The van der Waals surface area contributed by atoms with Crippen molar-refractivity contribution in [2.45, 2.75) is 25.4 Å². The van der Waals surface area contributed by atoms with Crippen LogP contribution in [-0.4, -0.2) is 20.2 Å². The predicted molar refractivity (Wildman–Crippen MR) is 85.1 cm³/mol. The summed E-state index contributed by atoms with van der Waals surface area (Å²) in [6, 6.07) is 7.80. The molecule has 0 spiro atoms. The highest BCUT2D eigenvalue weighted by Gasteiger charge is 2.33. The van der Waals surface area contributed by atoms with Gasteiger partial charge in [0.05, 0.1) is 12.2 Å². The zero-order valence-corrected chi connectivity index (χ0v) is 13.1. The van der Waals surface area contributed by atoms with Crippen LogP contribution in [0.25, 0.3) is 0 Å². The molecule has 7 nitrogen and oxygen atoms in total. The van der Waals surface area contributed by atoms with Gasteiger partial charge in [0.25, 0.3) is 5.56 Å². The highest BCUT2D eigenvalue weighted by molar-refractivity contribution is 5.55. The van der Waals surface area contributed by atoms with Crippen molar-refractivity contribution < 1.29 is 0 Å². The van der Waals surface area contributed by atoms with E-state index in [0.29, 0.717) is 12.4 Å². The van der Waals surface area contributed by atoms with Crippen molar-refractivity contribution >= 4 is 5.82 Å². The zero-order chi connectivity index (χ0) is 16.6. The summed E-state index contributed by atoms with van der Waals surface area (Å²) in [5.74, 6) is 0.383. The van der Waals surface area contributed by atoms with E-state index in [0.717, 1.165) is 23.1 Å². The number of pyridine rings is 1. The van der Waals surface area contributed by atoms with Crippen LogP contribution in [0.1, 0.15) is 24.1 Å². The smallest absolute Gasteiger partial charge is 0.332 e. The third-order valence-electron chi connectivity index (χ3n) is 4.06. The van der Waals surface area contributed by atoms with Crippen LogP contribution < -0.4 is 16.1 Å². The summed E-state index contributed by atoms with van der Waals surface area (Å²) < 4.78 is 2.34. The fourth-order valence-electron chi connectivity index (χ4n) is 2.70. The number of hydrogen-bond donors (Lipinski definition) is 0. The van der Waals surface area contributed by atoms with Gasteiger partial charge in [-0.1, -0.05) is 6.07 Å². The van der Waals surface area contributed by atoms with Crippen molar-refractivity contribution in [1.29, 1.82) is 5.26 Å². The normalized spacial score (nSPS) is 13.6. The molecular formula is C16H17N5O2. The Balaban J connectivity index is 2.16. The van der Waals surface area contributed by atoms with Crippen LogP contribution in [0, 0.1) is 11.3 Å². The molecule has 3 rings (SSSR count). The lowest BCUT2D eigenvalue weighted by molar-refractivity contribution is 0.645. The minimum Gasteiger partial charge on any atom is -0.348 e. The molecule has 2 heterocycles. The Labute approximate surface area is 133 Å². The number of rotatable bonds is 4. The molecule has 0 atom stereocenters. The summed E-state index contributed by atoms with van der Waals surface area (Å²) >= 11 is 0. The molecule has 7 heteroatoms. The Morgan fingerprint density at radius 2 is 2.04 bits per heavy atom. The van der Waals surface area contributed by atoms with Gasteiger partial charge in [0, 0.05) is 26.3 Å². The second-order valence-corrected chi connectivity index (χ2v) is 5.70. The lowest BCUT2D eigenvalue weighted by Crippen LogP contribution is -2.43. The topological polar surface area (TPSA) is 83.9 Å². The van der Waals surface area contributed by atoms with Crippen molar-refractivity contribution in [2.24, 2.45) is 14.1 Å². The Morgan fingerprint density at radius 1 is 1.30 bits per heavy atom. The minimum atomic E-state index is -0.558. The lowest BCUT2D eigenvalue weighted by atomic mass is 10.2.